The van der Waals surface area contributed by atoms with Crippen LogP contribution in [-0.4, -0.2) is 81.3 Å². The smallest absolute Gasteiger partial charge is 0.326 e. The van der Waals surface area contributed by atoms with Gasteiger partial charge in [0.15, 0.2) is 0 Å². The van der Waals surface area contributed by atoms with Gasteiger partial charge in [-0.15, -0.1) is 0 Å². The standard InChI is InChI=1S/C41H47Cl2N7O3/c1-8-53-33-25-34(39(3,4)5)45-26-32(33)36-47-40(6,28-12-16-30(42)17-13-28)41(7,29-14-18-31(43)19-15-29)50(36)38(52)49-23-21-48(22-24-49)27(2)37(51)46-35-11-9-10-20-44-35/h9-20,25-27H,8,21-24H2,1-7H3,(H,44,46,51)/t27?,40-,41+/m0/s1. The lowest BCUT2D eigenvalue weighted by Gasteiger charge is -2.47. The number of nitrogens with zero attached hydrogens (tertiary/aromatic N) is 6. The van der Waals surface area contributed by atoms with Gasteiger partial charge in [0.25, 0.3) is 0 Å². The van der Waals surface area contributed by atoms with Crippen molar-refractivity contribution in [1.29, 1.82) is 0 Å². The van der Waals surface area contributed by atoms with E-state index in [-0.39, 0.29) is 17.4 Å². The summed E-state index contributed by atoms with van der Waals surface area (Å²) in [5.41, 5.74) is 0.908. The van der Waals surface area contributed by atoms with Crippen LogP contribution in [0.1, 0.15) is 70.9 Å². The molecule has 10 nitrogen and oxygen atoms in total. The highest BCUT2D eigenvalue weighted by Gasteiger charge is 2.60. The average molecular weight is 757 g/mol. The highest BCUT2D eigenvalue weighted by molar-refractivity contribution is 6.30. The molecule has 3 atom stereocenters. The highest BCUT2D eigenvalue weighted by Crippen LogP contribution is 2.54. The number of piperazine rings is 1. The molecule has 53 heavy (non-hydrogen) atoms. The predicted molar refractivity (Wildman–Crippen MR) is 211 cm³/mol. The average Bonchev–Trinajstić information content (AvgIpc) is 3.39. The second-order valence-electron chi connectivity index (χ2n) is 14.9. The Bertz CT molecular complexity index is 1980. The van der Waals surface area contributed by atoms with E-state index in [1.165, 1.54) is 0 Å². The zero-order valence-electron chi connectivity index (χ0n) is 31.4. The normalized spacial score (nSPS) is 21.3. The van der Waals surface area contributed by atoms with Gasteiger partial charge >= 0.3 is 6.03 Å². The molecule has 0 aliphatic carbocycles. The van der Waals surface area contributed by atoms with Gasteiger partial charge in [0.2, 0.25) is 5.91 Å². The second-order valence-corrected chi connectivity index (χ2v) is 15.7. The summed E-state index contributed by atoms with van der Waals surface area (Å²) in [6.07, 6.45) is 3.42. The molecule has 0 saturated carbocycles. The van der Waals surface area contributed by atoms with Gasteiger partial charge in [-0.2, -0.15) is 0 Å². The van der Waals surface area contributed by atoms with Crippen molar-refractivity contribution in [3.63, 3.8) is 0 Å². The van der Waals surface area contributed by atoms with Crippen molar-refractivity contribution in [2.24, 2.45) is 4.99 Å². The number of hydrogen-bond donors (Lipinski definition) is 1. The van der Waals surface area contributed by atoms with Crippen molar-refractivity contribution in [2.75, 3.05) is 38.1 Å². The summed E-state index contributed by atoms with van der Waals surface area (Å²) in [6.45, 7) is 16.4. The van der Waals surface area contributed by atoms with E-state index in [9.17, 15) is 4.79 Å². The number of pyridine rings is 2. The monoisotopic (exact) mass is 755 g/mol. The molecule has 2 aromatic heterocycles. The number of rotatable bonds is 8. The van der Waals surface area contributed by atoms with E-state index in [2.05, 4.69) is 49.8 Å². The van der Waals surface area contributed by atoms with Crippen LogP contribution < -0.4 is 10.1 Å². The lowest BCUT2D eigenvalue weighted by molar-refractivity contribution is -0.121. The third kappa shape index (κ3) is 7.37. The quantitative estimate of drug-likeness (QED) is 0.195. The Morgan fingerprint density at radius 2 is 1.53 bits per heavy atom. The first-order valence-electron chi connectivity index (χ1n) is 18.0. The van der Waals surface area contributed by atoms with E-state index in [4.69, 9.17) is 37.9 Å². The number of urea groups is 1. The second kappa shape index (κ2) is 15.1. The van der Waals surface area contributed by atoms with Gasteiger partial charge in [0.05, 0.1) is 18.2 Å². The van der Waals surface area contributed by atoms with Gasteiger partial charge < -0.3 is 15.0 Å². The van der Waals surface area contributed by atoms with Crippen LogP contribution in [0.4, 0.5) is 10.6 Å². The minimum Gasteiger partial charge on any atom is -0.493 e. The Balaban J connectivity index is 1.43. The third-order valence-electron chi connectivity index (χ3n) is 10.5. The predicted octanol–water partition coefficient (Wildman–Crippen LogP) is 8.14. The van der Waals surface area contributed by atoms with Crippen LogP contribution in [-0.2, 0) is 21.3 Å². The lowest BCUT2D eigenvalue weighted by Crippen LogP contribution is -2.61. The van der Waals surface area contributed by atoms with Crippen LogP contribution in [0.3, 0.4) is 0 Å². The summed E-state index contributed by atoms with van der Waals surface area (Å²) in [5, 5.41) is 4.08. The first-order chi connectivity index (χ1) is 25.2. The molecular formula is C41H47Cl2N7O3. The minimum absolute atomic E-state index is 0.152. The topological polar surface area (TPSA) is 103 Å². The molecule has 12 heteroatoms. The summed E-state index contributed by atoms with van der Waals surface area (Å²) in [4.78, 5) is 48.8. The number of benzene rings is 2. The molecule has 3 amide bonds. The largest absolute Gasteiger partial charge is 0.493 e. The Morgan fingerprint density at radius 1 is 0.906 bits per heavy atom. The number of hydrogen-bond acceptors (Lipinski definition) is 7. The van der Waals surface area contributed by atoms with Crippen molar-refractivity contribution >= 4 is 46.8 Å². The van der Waals surface area contributed by atoms with Crippen LogP contribution in [0.2, 0.25) is 10.0 Å². The van der Waals surface area contributed by atoms with E-state index in [1.54, 1.807) is 24.5 Å². The van der Waals surface area contributed by atoms with Crippen LogP contribution in [0, 0.1) is 0 Å². The Labute approximate surface area is 322 Å². The van der Waals surface area contributed by atoms with Crippen LogP contribution >= 0.6 is 23.2 Å². The first-order valence-corrected chi connectivity index (χ1v) is 18.7. The summed E-state index contributed by atoms with van der Waals surface area (Å²) < 4.78 is 6.29. The van der Waals surface area contributed by atoms with Crippen LogP contribution in [0.15, 0.2) is 90.2 Å². The number of ether oxygens (including phenoxy) is 1. The van der Waals surface area contributed by atoms with E-state index < -0.39 is 17.1 Å². The zero-order valence-corrected chi connectivity index (χ0v) is 32.9. The Hall–Kier alpha value is -4.51. The van der Waals surface area contributed by atoms with Crippen LogP contribution in [0.25, 0.3) is 0 Å². The molecule has 6 rings (SSSR count). The Kier molecular flexibility index (Phi) is 10.9. The highest BCUT2D eigenvalue weighted by atomic mass is 35.5. The van der Waals surface area contributed by atoms with Gasteiger partial charge in [0, 0.05) is 65.8 Å². The SMILES string of the molecule is CCOc1cc(C(C)(C)C)ncc1C1=N[C@@](C)(c2ccc(Cl)cc2)[C@@](C)(c2ccc(Cl)cc2)N1C(=O)N1CCN(C(C)C(=O)Nc2ccccn2)CC1. The zero-order chi connectivity index (χ0) is 38.1. The molecule has 4 heterocycles. The lowest BCUT2D eigenvalue weighted by atomic mass is 9.71. The molecule has 2 aromatic carbocycles. The molecule has 2 aliphatic rings. The molecule has 0 bridgehead atoms. The van der Waals surface area contributed by atoms with Gasteiger partial charge in [-0.3, -0.25) is 24.6 Å². The molecule has 278 valence electrons. The van der Waals surface area contributed by atoms with Crippen molar-refractivity contribution in [1.82, 2.24) is 24.7 Å². The fourth-order valence-corrected chi connectivity index (χ4v) is 7.38. The summed E-state index contributed by atoms with van der Waals surface area (Å²) in [7, 11) is 0. The number of carbonyl (C=O) groups is 2. The van der Waals surface area contributed by atoms with Gasteiger partial charge in [-0.1, -0.05) is 74.3 Å². The van der Waals surface area contributed by atoms with E-state index in [1.807, 2.05) is 84.3 Å². The molecule has 4 aromatic rings. The number of anilines is 1. The van der Waals surface area contributed by atoms with E-state index in [0.717, 1.165) is 16.8 Å². The number of aliphatic imine (C=N–C) groups is 1. The van der Waals surface area contributed by atoms with E-state index >= 15 is 4.79 Å². The fourth-order valence-electron chi connectivity index (χ4n) is 7.13. The Morgan fingerprint density at radius 3 is 2.09 bits per heavy atom. The minimum atomic E-state index is -1.06. The molecule has 1 unspecified atom stereocenters. The number of carbonyl (C=O) groups excluding carboxylic acids is 2. The molecular weight excluding hydrogens is 709 g/mol. The van der Waals surface area contributed by atoms with Crippen LogP contribution in [0.5, 0.6) is 5.75 Å². The molecule has 1 saturated heterocycles. The maximum Gasteiger partial charge on any atom is 0.326 e. The maximum absolute atomic E-state index is 15.3. The summed E-state index contributed by atoms with van der Waals surface area (Å²) in [6, 6.07) is 21.9. The summed E-state index contributed by atoms with van der Waals surface area (Å²) in [5.74, 6) is 1.40. The molecule has 0 radical (unpaired) electrons. The number of amidine groups is 1. The van der Waals surface area contributed by atoms with Crippen molar-refractivity contribution in [2.45, 2.75) is 71.0 Å². The van der Waals surface area contributed by atoms with Gasteiger partial charge in [-0.05, 0) is 75.2 Å². The number of aromatic nitrogens is 2. The van der Waals surface area contributed by atoms with Crippen molar-refractivity contribution in [3.05, 3.63) is 118 Å². The number of halogens is 2. The first kappa shape index (κ1) is 38.2. The number of nitrogens with one attached hydrogen (secondary N) is 1. The van der Waals surface area contributed by atoms with E-state index in [0.29, 0.717) is 65.8 Å². The van der Waals surface area contributed by atoms with Crippen molar-refractivity contribution in [3.8, 4) is 5.75 Å². The molecule has 1 N–H and O–H groups in total. The third-order valence-corrected chi connectivity index (χ3v) is 11.0. The fraction of sp³-hybridized carbons (Fsp3) is 0.390. The summed E-state index contributed by atoms with van der Waals surface area (Å²) >= 11 is 12.8. The molecule has 0 spiro atoms. The van der Waals surface area contributed by atoms with Crippen molar-refractivity contribution < 1.29 is 14.3 Å². The van der Waals surface area contributed by atoms with Gasteiger partial charge in [-0.25, -0.2) is 9.78 Å². The number of amides is 3. The van der Waals surface area contributed by atoms with Gasteiger partial charge in [0.1, 0.15) is 28.5 Å². The maximum atomic E-state index is 15.3. The molecule has 2 aliphatic heterocycles. The molecule has 1 fully saturated rings.